The van der Waals surface area contributed by atoms with Crippen LogP contribution in [-0.2, 0) is 22.4 Å². The Balaban J connectivity index is 0.00000680. The molecule has 4 N–H and O–H groups in total. The van der Waals surface area contributed by atoms with Crippen LogP contribution in [0.2, 0.25) is 0 Å². The van der Waals surface area contributed by atoms with Crippen LogP contribution < -0.4 is 15.8 Å². The third-order valence-electron chi connectivity index (χ3n) is 12.1. The van der Waals surface area contributed by atoms with Gasteiger partial charge < -0.3 is 29.7 Å². The molecule has 6 aromatic rings. The Morgan fingerprint density at radius 1 is 0.844 bits per heavy atom. The summed E-state index contributed by atoms with van der Waals surface area (Å²) in [5, 5.41) is 24.7. The molecule has 11 heteroatoms. The molecule has 5 aromatic carbocycles. The van der Waals surface area contributed by atoms with Gasteiger partial charge in [0.2, 0.25) is 11.5 Å². The summed E-state index contributed by atoms with van der Waals surface area (Å²) in [6, 6.07) is 39.4. The molecule has 0 radical (unpaired) electrons. The molecule has 334 valence electrons. The Kier molecular flexibility index (Phi) is 16.3. The van der Waals surface area contributed by atoms with Gasteiger partial charge in [0.25, 0.3) is 0 Å². The van der Waals surface area contributed by atoms with Crippen molar-refractivity contribution in [2.24, 2.45) is 5.92 Å². The van der Waals surface area contributed by atoms with Gasteiger partial charge in [-0.2, -0.15) is 0 Å². The normalized spacial score (nSPS) is 14.0. The molecule has 1 aromatic heterocycles. The number of aromatic amines is 1. The van der Waals surface area contributed by atoms with Crippen molar-refractivity contribution < 1.29 is 29.3 Å². The molecule has 1 fully saturated rings. The Labute approximate surface area is 375 Å². The van der Waals surface area contributed by atoms with Gasteiger partial charge in [0.1, 0.15) is 11.9 Å². The number of benzene rings is 5. The molecule has 1 aliphatic heterocycles. The Morgan fingerprint density at radius 2 is 1.56 bits per heavy atom. The highest BCUT2D eigenvalue weighted by Crippen LogP contribution is 2.32. The number of anilines is 2. The van der Waals surface area contributed by atoms with Crippen molar-refractivity contribution >= 4 is 40.1 Å². The number of phenolic OH excluding ortho intramolecular Hbond substituents is 1. The van der Waals surface area contributed by atoms with E-state index in [4.69, 9.17) is 4.74 Å². The van der Waals surface area contributed by atoms with Gasteiger partial charge in [-0.15, -0.1) is 0 Å². The van der Waals surface area contributed by atoms with Crippen molar-refractivity contribution in [3.05, 3.63) is 160 Å². The average Bonchev–Trinajstić information content (AvgIpc) is 3.30. The summed E-state index contributed by atoms with van der Waals surface area (Å²) in [7, 11) is 1.74. The number of fused-ring (bicyclic) bond motifs is 1. The summed E-state index contributed by atoms with van der Waals surface area (Å²) in [5.74, 6) is 0.258. The van der Waals surface area contributed by atoms with Gasteiger partial charge in [-0.25, -0.2) is 4.79 Å². The first-order valence-corrected chi connectivity index (χ1v) is 21.9. The lowest BCUT2D eigenvalue weighted by Crippen LogP contribution is -2.40. The number of piperidine rings is 1. The summed E-state index contributed by atoms with van der Waals surface area (Å²) in [4.78, 5) is 57.7. The number of likely N-dealkylation sites (tertiary alicyclic amines) is 1. The third kappa shape index (κ3) is 12.3. The van der Waals surface area contributed by atoms with Gasteiger partial charge in [0.05, 0.1) is 17.3 Å². The van der Waals surface area contributed by atoms with E-state index in [9.17, 15) is 29.4 Å². The zero-order chi connectivity index (χ0) is 44.3. The first kappa shape index (κ1) is 46.9. The number of carbonyl (C=O) groups is 3. The molecule has 0 spiro atoms. The molecule has 11 nitrogen and oxygen atoms in total. The number of aryl methyl sites for hydroxylation is 1. The highest BCUT2D eigenvalue weighted by Gasteiger charge is 2.24. The van der Waals surface area contributed by atoms with Crippen LogP contribution in [0, 0.1) is 5.92 Å². The van der Waals surface area contributed by atoms with Crippen molar-refractivity contribution in [1.29, 1.82) is 0 Å². The maximum atomic E-state index is 13.3. The smallest absolute Gasteiger partial charge is 0.411 e. The van der Waals surface area contributed by atoms with E-state index in [0.717, 1.165) is 42.6 Å². The van der Waals surface area contributed by atoms with E-state index in [2.05, 4.69) is 46.4 Å². The van der Waals surface area contributed by atoms with Gasteiger partial charge in [-0.1, -0.05) is 105 Å². The van der Waals surface area contributed by atoms with E-state index in [1.165, 1.54) is 17.7 Å². The predicted octanol–water partition coefficient (Wildman–Crippen LogP) is 10.1. The molecule has 2 atom stereocenters. The maximum absolute atomic E-state index is 13.3. The number of aromatic nitrogens is 1. The first-order chi connectivity index (χ1) is 30.5. The lowest BCUT2D eigenvalue weighted by molar-refractivity contribution is -0.118. The standard InChI is InChI=1S/C52H56N4O7.CH4/c1-35(15-23-47(58)43-21-25-48(59)51-44(43)22-26-49(60)54-51)33-37-18-16-36(17-19-37)20-24-46(57)39-11-8-12-40(34-39)55(2)50(61)29-32-56-30-27-41(28-31-56)63-52(62)53-45-14-7-6-13-42(45)38-9-4-3-5-10-38;/h3-14,16-19,21-22,25-26,34-35,41,47,58-59H,15,20,23-24,27-33H2,1-2H3,(H,53,62)(H,54,60);1H4/t35?,47-;/m0./s1. The molecule has 2 amide bonds. The molecule has 1 unspecified atom stereocenters. The van der Waals surface area contributed by atoms with E-state index >= 15 is 0 Å². The van der Waals surface area contributed by atoms with Crippen LogP contribution in [-0.4, -0.2) is 70.7 Å². The summed E-state index contributed by atoms with van der Waals surface area (Å²) in [6.07, 6.45) is 3.40. The average molecular weight is 865 g/mol. The summed E-state index contributed by atoms with van der Waals surface area (Å²) in [5.41, 5.74) is 6.83. The summed E-state index contributed by atoms with van der Waals surface area (Å²) in [6.45, 7) is 4.19. The molecule has 64 heavy (non-hydrogen) atoms. The van der Waals surface area contributed by atoms with Crippen molar-refractivity contribution in [2.45, 2.75) is 77.9 Å². The van der Waals surface area contributed by atoms with Crippen LogP contribution in [0.15, 0.2) is 132 Å². The number of carbonyl (C=O) groups excluding carboxylic acids is 3. The highest BCUT2D eigenvalue weighted by molar-refractivity contribution is 5.99. The number of Topliss-reactive ketones (excluding diaryl/α,β-unsaturated/α-hetero) is 1. The van der Waals surface area contributed by atoms with Crippen molar-refractivity contribution in [2.75, 3.05) is 36.9 Å². The summed E-state index contributed by atoms with van der Waals surface area (Å²) < 4.78 is 5.79. The minimum atomic E-state index is -0.733. The van der Waals surface area contributed by atoms with Crippen LogP contribution in [0.5, 0.6) is 5.75 Å². The number of hydrogen-bond acceptors (Lipinski definition) is 8. The predicted molar refractivity (Wildman–Crippen MR) is 255 cm³/mol. The highest BCUT2D eigenvalue weighted by atomic mass is 16.6. The van der Waals surface area contributed by atoms with Crippen LogP contribution in [0.25, 0.3) is 22.0 Å². The molecule has 0 bridgehead atoms. The quantitative estimate of drug-likeness (QED) is 0.0662. The van der Waals surface area contributed by atoms with E-state index in [1.807, 2.05) is 66.7 Å². The number of amides is 2. The second-order valence-corrected chi connectivity index (χ2v) is 16.7. The number of pyridine rings is 1. The van der Waals surface area contributed by atoms with E-state index in [1.54, 1.807) is 36.2 Å². The fourth-order valence-corrected chi connectivity index (χ4v) is 8.35. The lowest BCUT2D eigenvalue weighted by Gasteiger charge is -2.31. The molecule has 1 saturated heterocycles. The molecule has 0 aliphatic carbocycles. The minimum Gasteiger partial charge on any atom is -0.506 e. The van der Waals surface area contributed by atoms with Gasteiger partial charge in [0, 0.05) is 67.8 Å². The first-order valence-electron chi connectivity index (χ1n) is 21.9. The number of aliphatic hydroxyl groups excluding tert-OH is 1. The number of H-pyrrole nitrogens is 1. The van der Waals surface area contributed by atoms with Gasteiger partial charge in [-0.05, 0) is 97.0 Å². The molecular weight excluding hydrogens is 805 g/mol. The Hall–Kier alpha value is -6.56. The van der Waals surface area contributed by atoms with E-state index in [0.29, 0.717) is 84.4 Å². The SMILES string of the molecule is C.CC(CC[C@H](O)c1ccc(O)c2[nH]c(=O)ccc12)Cc1ccc(CCC(=O)c2cccc(N(C)C(=O)CCN3CCC(OC(=O)Nc4ccccc4-c4ccccc4)CC3)c2)cc1. The van der Waals surface area contributed by atoms with Crippen LogP contribution in [0.1, 0.15) is 86.0 Å². The van der Waals surface area contributed by atoms with Gasteiger partial charge in [-0.3, -0.25) is 19.7 Å². The number of para-hydroxylation sites is 1. The molecule has 1 aliphatic rings. The van der Waals surface area contributed by atoms with Gasteiger partial charge >= 0.3 is 6.09 Å². The topological polar surface area (TPSA) is 152 Å². The monoisotopic (exact) mass is 864 g/mol. The number of nitrogens with zero attached hydrogens (tertiary/aromatic N) is 2. The molecule has 7 rings (SSSR count). The Bertz CT molecular complexity index is 2570. The van der Waals surface area contributed by atoms with Crippen LogP contribution in [0.4, 0.5) is 16.2 Å². The molecule has 2 heterocycles. The molecule has 0 saturated carbocycles. The number of ketones is 1. The zero-order valence-electron chi connectivity index (χ0n) is 36.0. The van der Waals surface area contributed by atoms with Crippen LogP contribution in [0.3, 0.4) is 0 Å². The second kappa shape index (κ2) is 22.2. The van der Waals surface area contributed by atoms with Crippen molar-refractivity contribution in [3.63, 3.8) is 0 Å². The minimum absolute atomic E-state index is 0. The number of ether oxygens (including phenoxy) is 1. The van der Waals surface area contributed by atoms with Crippen LogP contribution >= 0.6 is 0 Å². The van der Waals surface area contributed by atoms with E-state index in [-0.39, 0.29) is 36.5 Å². The fourth-order valence-electron chi connectivity index (χ4n) is 8.35. The Morgan fingerprint density at radius 3 is 2.33 bits per heavy atom. The van der Waals surface area contributed by atoms with Gasteiger partial charge in [0.15, 0.2) is 5.78 Å². The maximum Gasteiger partial charge on any atom is 0.411 e. The fraction of sp³-hybridized carbons (Fsp3) is 0.321. The largest absolute Gasteiger partial charge is 0.506 e. The summed E-state index contributed by atoms with van der Waals surface area (Å²) >= 11 is 0. The van der Waals surface area contributed by atoms with Crippen molar-refractivity contribution in [1.82, 2.24) is 9.88 Å². The number of phenols is 1. The number of aliphatic hydroxyl groups is 1. The second-order valence-electron chi connectivity index (χ2n) is 16.7. The number of nitrogens with one attached hydrogen (secondary N) is 2. The van der Waals surface area contributed by atoms with E-state index < -0.39 is 12.2 Å². The number of aromatic hydroxyl groups is 1. The number of rotatable bonds is 17. The molecular formula is C53H60N4O7. The number of hydrogen-bond donors (Lipinski definition) is 4. The van der Waals surface area contributed by atoms with Crippen molar-refractivity contribution in [3.8, 4) is 16.9 Å². The third-order valence-corrected chi connectivity index (χ3v) is 12.1. The zero-order valence-corrected chi connectivity index (χ0v) is 36.0. The lowest BCUT2D eigenvalue weighted by atomic mass is 9.92.